The number of fused-ring (bicyclic) bond motifs is 15. The van der Waals surface area contributed by atoms with Crippen LogP contribution in [0, 0.1) is 5.92 Å². The molecule has 35 heteroatoms. The first kappa shape index (κ1) is 74.5. The van der Waals surface area contributed by atoms with Gasteiger partial charge in [-0.25, -0.2) is 4.79 Å². The fourth-order valence-corrected chi connectivity index (χ4v) is 12.9. The maximum Gasteiger partial charge on any atom is 0.330 e. The molecule has 544 valence electrons. The predicted octanol–water partition coefficient (Wildman–Crippen LogP) is 0.352. The normalized spacial score (nSPS) is 29.4. The van der Waals surface area contributed by atoms with E-state index >= 15 is 14.4 Å². The van der Waals surface area contributed by atoms with Gasteiger partial charge in [0.25, 0.3) is 0 Å². The highest BCUT2D eigenvalue weighted by Gasteiger charge is 2.51. The molecule has 0 spiro atoms. The number of aliphatic hydroxyl groups excluding tert-OH is 6. The molecule has 0 aromatic heterocycles. The number of aliphatic hydroxyl groups is 6. The summed E-state index contributed by atoms with van der Waals surface area (Å²) >= 11 is 14.1. The Morgan fingerprint density at radius 3 is 1.91 bits per heavy atom. The quantitative estimate of drug-likeness (QED) is 0.0756. The smallest absolute Gasteiger partial charge is 0.330 e. The lowest BCUT2D eigenvalue weighted by molar-refractivity contribution is -0.333. The number of nitrogens with two attached hydrogens (primary N) is 2. The van der Waals surface area contributed by atoms with Gasteiger partial charge in [0.1, 0.15) is 89.5 Å². The van der Waals surface area contributed by atoms with E-state index < -0.39 is 237 Å². The van der Waals surface area contributed by atoms with Gasteiger partial charge < -0.3 is 128 Å². The lowest BCUT2D eigenvalue weighted by Gasteiger charge is -2.47. The summed E-state index contributed by atoms with van der Waals surface area (Å²) in [5.41, 5.74) is 8.00. The highest BCUT2D eigenvalue weighted by Crippen LogP contribution is 2.50. The van der Waals surface area contributed by atoms with Gasteiger partial charge in [-0.15, -0.1) is 0 Å². The van der Waals surface area contributed by atoms with Gasteiger partial charge in [-0.05, 0) is 110 Å². The molecule has 18 atom stereocenters. The van der Waals surface area contributed by atoms with Crippen LogP contribution in [0.3, 0.4) is 0 Å². The van der Waals surface area contributed by atoms with E-state index in [1.54, 1.807) is 0 Å². The monoisotopic (exact) mass is 1450 g/mol. The summed E-state index contributed by atoms with van der Waals surface area (Å²) in [6, 6.07) is -0.679. The van der Waals surface area contributed by atoms with Gasteiger partial charge in [0.2, 0.25) is 53.4 Å². The number of hydrogen-bond donors (Lipinski definition) is 19. The van der Waals surface area contributed by atoms with Crippen molar-refractivity contribution in [1.82, 2.24) is 37.2 Å². The van der Waals surface area contributed by atoms with Crippen molar-refractivity contribution >= 4 is 70.5 Å². The van der Waals surface area contributed by atoms with Gasteiger partial charge in [0.15, 0.2) is 29.9 Å². The molecule has 7 amide bonds. The van der Waals surface area contributed by atoms with Crippen molar-refractivity contribution in [3.63, 3.8) is 0 Å². The SMILES string of the molecule is CN[C@H](CC(C)C)C(=O)N[C@H]1C(=O)N[C@@H](CC(N)=O)C(=O)N[C@H]2C(=O)N[C@H]3C(=O)N[C@H](C(=O)N[C@H](C(=O)O)c4cc(O)cc(O)c4-c4cc3ccc4O)[C@H](O)c3ccc(c(Cl)c3)Oc3cc2cc(c3O[C@@H]2O[C@H](CO)[C@@H](O)[C@H](O)[C@H]2OC2C[C@](C)(N)[C@H](O)[C@H](C)O2)Oc2ccc(cc2Cl)[C@H]1O.[HH]. The van der Waals surface area contributed by atoms with Crippen LogP contribution in [0.2, 0.25) is 10.0 Å². The third kappa shape index (κ3) is 15.8. The van der Waals surface area contributed by atoms with Crippen LogP contribution in [0.4, 0.5) is 0 Å². The minimum Gasteiger partial charge on any atom is -0.508 e. The van der Waals surface area contributed by atoms with Crippen LogP contribution in [0.25, 0.3) is 11.1 Å². The maximum atomic E-state index is 16.0. The van der Waals surface area contributed by atoms with Gasteiger partial charge in [0, 0.05) is 36.1 Å². The number of rotatable bonds is 13. The molecule has 1 unspecified atom stereocenters. The number of carboxylic acid groups (broad SMARTS) is 1. The van der Waals surface area contributed by atoms with E-state index in [0.29, 0.717) is 0 Å². The number of carbonyl (C=O) groups is 8. The molecular formula is C66H77Cl2N9O24. The summed E-state index contributed by atoms with van der Waals surface area (Å²) in [5.74, 6) is -16.0. The molecule has 2 saturated heterocycles. The number of benzene rings is 5. The van der Waals surface area contributed by atoms with Crippen molar-refractivity contribution in [2.45, 2.75) is 156 Å². The topological polar surface area (TPSA) is 530 Å². The number of ether oxygens (including phenoxy) is 6. The Morgan fingerprint density at radius 1 is 0.723 bits per heavy atom. The zero-order valence-corrected chi connectivity index (χ0v) is 55.8. The second-order valence-electron chi connectivity index (χ2n) is 25.7. The Labute approximate surface area is 585 Å². The van der Waals surface area contributed by atoms with Crippen LogP contribution in [0.5, 0.6) is 46.0 Å². The summed E-state index contributed by atoms with van der Waals surface area (Å²) in [4.78, 5) is 117. The van der Waals surface area contributed by atoms with Gasteiger partial charge in [0.05, 0.1) is 41.3 Å². The largest absolute Gasteiger partial charge is 0.508 e. The summed E-state index contributed by atoms with van der Waals surface area (Å²) < 4.78 is 38.3. The Kier molecular flexibility index (Phi) is 22.2. The van der Waals surface area contributed by atoms with Crippen LogP contribution in [0.1, 0.15) is 107 Å². The number of aliphatic carboxylic acids is 1. The van der Waals surface area contributed by atoms with Crippen molar-refractivity contribution in [2.24, 2.45) is 17.4 Å². The molecule has 101 heavy (non-hydrogen) atoms. The standard InChI is InChI=1S/C66H75Cl2N9O24.H2/c1-23(2)12-34(71-5)58(88)76-49-51(83)26-7-10-38(32(67)14-26)97-40-16-28-17-41(55(40)101-65-56(54(86)53(85)42(22-78)99-65)100-44-21-66(4,70)57(87)24(3)96-44)98-39-11-8-27(15-33(39)68)52(84)50-63(93)75-48(64(94)95)31-18-29(79)19-37(81)45(31)30-13-25(6-9-36(30)80)46(60(90)77-50)74-61(91)47(28)73-59(89)35(20-43(69)82)72-62(49)92;/h6-11,13-19,23-24,34-35,42,44,46-54,56-57,65,71,78-81,83-87H,12,20-22,70H2,1-5H3,(H2,69,82)(H,72,92)(H,73,89)(H,74,91)(H,75,93)(H,76,88)(H,77,90)(H,94,95);1H/t24-,34+,35-,42+,44?,46+,47+,48-,49+,50-,51+,52+,53+,54-,56+,57+,65-,66-;/m0./s1. The first-order valence-corrected chi connectivity index (χ1v) is 32.4. The van der Waals surface area contributed by atoms with E-state index in [1.807, 2.05) is 13.8 Å². The minimum atomic E-state index is -2.35. The summed E-state index contributed by atoms with van der Waals surface area (Å²) in [6.45, 7) is 5.66. The van der Waals surface area contributed by atoms with Crippen molar-refractivity contribution in [2.75, 3.05) is 13.7 Å². The Hall–Kier alpha value is -9.20. The first-order chi connectivity index (χ1) is 47.7. The van der Waals surface area contributed by atoms with Crippen LogP contribution >= 0.6 is 23.2 Å². The molecule has 5 aromatic rings. The number of carboxylic acids is 1. The number of halogens is 2. The third-order valence-corrected chi connectivity index (χ3v) is 18.4. The number of nitrogens with one attached hydrogen (secondary N) is 7. The number of primary amides is 1. The molecular weight excluding hydrogens is 1370 g/mol. The summed E-state index contributed by atoms with van der Waals surface area (Å²) in [6.07, 6.45) is -18.6. The van der Waals surface area contributed by atoms with Gasteiger partial charge in [-0.1, -0.05) is 55.2 Å². The molecule has 0 radical (unpaired) electrons. The molecule has 12 rings (SSSR count). The van der Waals surface area contributed by atoms with Gasteiger partial charge in [-0.3, -0.25) is 33.6 Å². The Morgan fingerprint density at radius 2 is 1.33 bits per heavy atom. The molecule has 21 N–H and O–H groups in total. The first-order valence-electron chi connectivity index (χ1n) is 31.6. The minimum absolute atomic E-state index is 0. The highest BCUT2D eigenvalue weighted by atomic mass is 35.5. The van der Waals surface area contributed by atoms with Crippen molar-refractivity contribution in [3.8, 4) is 57.1 Å². The van der Waals surface area contributed by atoms with E-state index in [2.05, 4.69) is 37.2 Å². The van der Waals surface area contributed by atoms with Crippen LogP contribution < -0.4 is 62.9 Å². The molecule has 7 heterocycles. The molecule has 33 nitrogen and oxygen atoms in total. The highest BCUT2D eigenvalue weighted by molar-refractivity contribution is 6.32. The lowest BCUT2D eigenvalue weighted by Crippen LogP contribution is -2.64. The van der Waals surface area contributed by atoms with Crippen LogP contribution in [0.15, 0.2) is 78.9 Å². The van der Waals surface area contributed by atoms with E-state index in [1.165, 1.54) is 33.0 Å². The lowest BCUT2D eigenvalue weighted by atomic mass is 9.86. The van der Waals surface area contributed by atoms with Crippen molar-refractivity contribution in [3.05, 3.63) is 117 Å². The van der Waals surface area contributed by atoms with Crippen molar-refractivity contribution in [1.29, 1.82) is 0 Å². The average Bonchev–Trinajstić information content (AvgIpc) is 0.773. The molecule has 2 fully saturated rings. The van der Waals surface area contributed by atoms with Gasteiger partial charge in [-0.2, -0.15) is 0 Å². The zero-order valence-electron chi connectivity index (χ0n) is 54.3. The van der Waals surface area contributed by atoms with Gasteiger partial charge >= 0.3 is 5.97 Å². The Bertz CT molecular complexity index is 4080. The number of hydrogen-bond acceptors (Lipinski definition) is 25. The molecule has 0 aliphatic carbocycles. The predicted molar refractivity (Wildman–Crippen MR) is 351 cm³/mol. The third-order valence-electron chi connectivity index (χ3n) is 17.8. The molecule has 11 bridgehead atoms. The number of carbonyl (C=O) groups excluding carboxylic acids is 7. The number of aromatic hydroxyl groups is 3. The second kappa shape index (κ2) is 30.2. The number of phenols is 3. The fraction of sp³-hybridized carbons (Fsp3) is 0.424. The van der Waals surface area contributed by atoms with Crippen LogP contribution in [-0.2, 0) is 52.6 Å². The second-order valence-corrected chi connectivity index (χ2v) is 26.5. The van der Waals surface area contributed by atoms with Crippen LogP contribution in [-0.4, -0.2) is 191 Å². The van der Waals surface area contributed by atoms with E-state index in [4.69, 9.17) is 63.1 Å². The number of amides is 7. The summed E-state index contributed by atoms with van der Waals surface area (Å²) in [5, 5.41) is 131. The maximum absolute atomic E-state index is 16.0. The fourth-order valence-electron chi connectivity index (χ4n) is 12.5. The molecule has 7 aliphatic heterocycles. The molecule has 0 saturated carbocycles. The number of likely N-dealkylation sites (N-methyl/N-ethyl adjacent to an activating group) is 1. The average molecular weight is 1450 g/mol. The number of phenolic OH excluding ortho intramolecular Hbond substituents is 3. The van der Waals surface area contributed by atoms with E-state index in [-0.39, 0.29) is 47.6 Å². The molecule has 5 aromatic carbocycles. The van der Waals surface area contributed by atoms with E-state index in [0.717, 1.165) is 66.7 Å². The van der Waals surface area contributed by atoms with Crippen molar-refractivity contribution < 1.29 is 119 Å². The summed E-state index contributed by atoms with van der Waals surface area (Å²) in [7, 11) is 1.47. The zero-order chi connectivity index (χ0) is 73.5. The Balaban J connectivity index is 0.0000121. The molecule has 7 aliphatic rings. The van der Waals surface area contributed by atoms with E-state index in [9.17, 15) is 75.0 Å².